The maximum absolute atomic E-state index is 14.0. The van der Waals surface area contributed by atoms with Gasteiger partial charge in [0.2, 0.25) is 0 Å². The van der Waals surface area contributed by atoms with E-state index in [2.05, 4.69) is 0 Å². The third-order valence-electron chi connectivity index (χ3n) is 2.85. The van der Waals surface area contributed by atoms with Crippen molar-refractivity contribution in [2.45, 2.75) is 32.4 Å². The fourth-order valence-electron chi connectivity index (χ4n) is 1.84. The molecule has 0 radical (unpaired) electrons. The molecule has 0 aromatic heterocycles. The fraction of sp³-hybridized carbons (Fsp3) is 0.571. The molecule has 102 valence electrons. The smallest absolute Gasteiger partial charge is 0.163 e. The van der Waals surface area contributed by atoms with Gasteiger partial charge in [-0.3, -0.25) is 0 Å². The highest BCUT2D eigenvalue weighted by molar-refractivity contribution is 5.50. The number of aliphatic hydroxyl groups excluding tert-OH is 1. The van der Waals surface area contributed by atoms with Gasteiger partial charge in [0.15, 0.2) is 11.5 Å². The molecule has 1 N–H and O–H groups in total. The summed E-state index contributed by atoms with van der Waals surface area (Å²) in [5, 5.41) is 8.90. The maximum atomic E-state index is 14.0. The highest BCUT2D eigenvalue weighted by Gasteiger charge is 2.23. The molecule has 3 nitrogen and oxygen atoms in total. The van der Waals surface area contributed by atoms with Crippen LogP contribution in [0.25, 0.3) is 0 Å². The number of aliphatic hydroxyl groups is 1. The summed E-state index contributed by atoms with van der Waals surface area (Å²) in [6.07, 6.45) is 1.23. The number of ether oxygens (including phenoxy) is 2. The summed E-state index contributed by atoms with van der Waals surface area (Å²) < 4.78 is 24.6. The Kier molecular flexibility index (Phi) is 4.96. The second-order valence-electron chi connectivity index (χ2n) is 4.67. The van der Waals surface area contributed by atoms with Crippen molar-refractivity contribution in [3.63, 3.8) is 0 Å². The molecule has 1 aromatic carbocycles. The lowest BCUT2D eigenvalue weighted by atomic mass is 9.95. The monoisotopic (exact) mass is 256 g/mol. The minimum absolute atomic E-state index is 0.0920. The fourth-order valence-corrected chi connectivity index (χ4v) is 1.84. The predicted octanol–water partition coefficient (Wildman–Crippen LogP) is 2.83. The number of alkyl halides is 1. The Morgan fingerprint density at radius 2 is 1.89 bits per heavy atom. The average molecular weight is 256 g/mol. The van der Waals surface area contributed by atoms with Crippen LogP contribution in [0.3, 0.4) is 0 Å². The first-order valence-corrected chi connectivity index (χ1v) is 5.99. The Labute approximate surface area is 108 Å². The zero-order chi connectivity index (χ0) is 13.8. The van der Waals surface area contributed by atoms with Crippen molar-refractivity contribution < 1.29 is 19.0 Å². The van der Waals surface area contributed by atoms with Crippen molar-refractivity contribution in [1.82, 2.24) is 0 Å². The molecule has 0 aliphatic carbocycles. The minimum atomic E-state index is -1.44. The van der Waals surface area contributed by atoms with Gasteiger partial charge in [-0.15, -0.1) is 0 Å². The largest absolute Gasteiger partial charge is 0.493 e. The van der Waals surface area contributed by atoms with Gasteiger partial charge in [0.1, 0.15) is 5.67 Å². The lowest BCUT2D eigenvalue weighted by Crippen LogP contribution is -2.11. The molecule has 1 aromatic rings. The third-order valence-corrected chi connectivity index (χ3v) is 2.85. The van der Waals surface area contributed by atoms with Crippen LogP contribution in [0.15, 0.2) is 12.1 Å². The molecule has 0 saturated carbocycles. The minimum Gasteiger partial charge on any atom is -0.493 e. The highest BCUT2D eigenvalue weighted by atomic mass is 19.1. The summed E-state index contributed by atoms with van der Waals surface area (Å²) in [4.78, 5) is 0. The van der Waals surface area contributed by atoms with Crippen LogP contribution in [0.1, 0.15) is 31.4 Å². The van der Waals surface area contributed by atoms with Gasteiger partial charge < -0.3 is 14.6 Å². The number of benzene rings is 1. The van der Waals surface area contributed by atoms with Crippen molar-refractivity contribution in [3.8, 4) is 11.5 Å². The first-order chi connectivity index (χ1) is 8.43. The molecule has 0 fully saturated rings. The first-order valence-electron chi connectivity index (χ1n) is 5.99. The molecule has 0 atom stereocenters. The lowest BCUT2D eigenvalue weighted by Gasteiger charge is -2.20. The second kappa shape index (κ2) is 6.05. The predicted molar refractivity (Wildman–Crippen MR) is 69.1 cm³/mol. The van der Waals surface area contributed by atoms with Crippen LogP contribution in [0.2, 0.25) is 0 Å². The molecule has 0 saturated heterocycles. The molecule has 4 heteroatoms. The van der Waals surface area contributed by atoms with Gasteiger partial charge in [-0.25, -0.2) is 4.39 Å². The SMILES string of the molecule is COc1cc(C(C)(C)F)cc(CCCO)c1OC. The molecule has 0 amide bonds. The number of methoxy groups -OCH3 is 2. The standard InChI is InChI=1S/C14H21FO3/c1-14(2,15)11-8-10(6-5-7-16)13(18-4)12(9-11)17-3/h8-9,16H,5-7H2,1-4H3. The zero-order valence-electron chi connectivity index (χ0n) is 11.4. The lowest BCUT2D eigenvalue weighted by molar-refractivity contribution is 0.220. The van der Waals surface area contributed by atoms with E-state index in [9.17, 15) is 4.39 Å². The van der Waals surface area contributed by atoms with Gasteiger partial charge in [-0.1, -0.05) is 0 Å². The second-order valence-corrected chi connectivity index (χ2v) is 4.67. The van der Waals surface area contributed by atoms with Crippen LogP contribution in [0.5, 0.6) is 11.5 Å². The van der Waals surface area contributed by atoms with Gasteiger partial charge in [-0.2, -0.15) is 0 Å². The third kappa shape index (κ3) is 3.35. The van der Waals surface area contributed by atoms with Crippen molar-refractivity contribution in [3.05, 3.63) is 23.3 Å². The molecular weight excluding hydrogens is 235 g/mol. The number of hydrogen-bond acceptors (Lipinski definition) is 3. The average Bonchev–Trinajstić information content (AvgIpc) is 2.33. The Hall–Kier alpha value is -1.29. The normalized spacial score (nSPS) is 11.4. The molecule has 18 heavy (non-hydrogen) atoms. The van der Waals surface area contributed by atoms with Crippen LogP contribution in [0, 0.1) is 0 Å². The van der Waals surface area contributed by atoms with Crippen molar-refractivity contribution in [2.24, 2.45) is 0 Å². The summed E-state index contributed by atoms with van der Waals surface area (Å²) in [6.45, 7) is 3.10. The van der Waals surface area contributed by atoms with E-state index in [1.165, 1.54) is 21.0 Å². The number of aryl methyl sites for hydroxylation is 1. The van der Waals surface area contributed by atoms with E-state index in [0.29, 0.717) is 29.9 Å². The Morgan fingerprint density at radius 3 is 2.33 bits per heavy atom. The zero-order valence-corrected chi connectivity index (χ0v) is 11.4. The Morgan fingerprint density at radius 1 is 1.22 bits per heavy atom. The highest BCUT2D eigenvalue weighted by Crippen LogP contribution is 2.37. The molecule has 0 spiro atoms. The number of rotatable bonds is 6. The van der Waals surface area contributed by atoms with Crippen LogP contribution < -0.4 is 9.47 Å². The van der Waals surface area contributed by atoms with E-state index >= 15 is 0 Å². The summed E-state index contributed by atoms with van der Waals surface area (Å²) in [5.41, 5.74) is -0.0345. The summed E-state index contributed by atoms with van der Waals surface area (Å²) >= 11 is 0. The summed E-state index contributed by atoms with van der Waals surface area (Å²) in [5.74, 6) is 1.13. The number of hydrogen-bond donors (Lipinski definition) is 1. The summed E-state index contributed by atoms with van der Waals surface area (Å²) in [6, 6.07) is 3.43. The van der Waals surface area contributed by atoms with E-state index in [4.69, 9.17) is 14.6 Å². The molecular formula is C14H21FO3. The van der Waals surface area contributed by atoms with Gasteiger partial charge in [0.05, 0.1) is 14.2 Å². The molecule has 0 aliphatic rings. The molecule has 0 bridgehead atoms. The van der Waals surface area contributed by atoms with Crippen LogP contribution in [-0.2, 0) is 12.1 Å². The van der Waals surface area contributed by atoms with Crippen LogP contribution in [0.4, 0.5) is 4.39 Å². The van der Waals surface area contributed by atoms with Gasteiger partial charge in [0, 0.05) is 6.61 Å². The summed E-state index contributed by atoms with van der Waals surface area (Å²) in [7, 11) is 3.09. The van der Waals surface area contributed by atoms with Crippen molar-refractivity contribution in [1.29, 1.82) is 0 Å². The molecule has 0 heterocycles. The van der Waals surface area contributed by atoms with Gasteiger partial charge in [0.25, 0.3) is 0 Å². The van der Waals surface area contributed by atoms with Gasteiger partial charge in [-0.05, 0) is 49.9 Å². The van der Waals surface area contributed by atoms with Crippen LogP contribution >= 0.6 is 0 Å². The quantitative estimate of drug-likeness (QED) is 0.850. The topological polar surface area (TPSA) is 38.7 Å². The van der Waals surface area contributed by atoms with E-state index in [-0.39, 0.29) is 6.61 Å². The first kappa shape index (κ1) is 14.8. The molecule has 0 unspecified atom stereocenters. The maximum Gasteiger partial charge on any atom is 0.163 e. The van der Waals surface area contributed by atoms with E-state index in [1.54, 1.807) is 19.2 Å². The van der Waals surface area contributed by atoms with E-state index < -0.39 is 5.67 Å². The molecule has 1 rings (SSSR count). The Balaban J connectivity index is 3.26. The van der Waals surface area contributed by atoms with Gasteiger partial charge >= 0.3 is 0 Å². The van der Waals surface area contributed by atoms with E-state index in [0.717, 1.165) is 5.56 Å². The van der Waals surface area contributed by atoms with Crippen LogP contribution in [-0.4, -0.2) is 25.9 Å². The molecule has 0 aliphatic heterocycles. The van der Waals surface area contributed by atoms with Crippen molar-refractivity contribution >= 4 is 0 Å². The number of halogens is 1. The van der Waals surface area contributed by atoms with Crippen molar-refractivity contribution in [2.75, 3.05) is 20.8 Å². The van der Waals surface area contributed by atoms with E-state index in [1.807, 2.05) is 0 Å². The Bertz CT molecular complexity index is 397.